The minimum Gasteiger partial charge on any atom is -0.357 e. The molecule has 7 heteroatoms. The second kappa shape index (κ2) is 10.00. The molecule has 0 radical (unpaired) electrons. The molecule has 1 atom stereocenters. The molecule has 0 N–H and O–H groups in total. The van der Waals surface area contributed by atoms with Gasteiger partial charge in [0, 0.05) is 53.9 Å². The molecular formula is C28H28Cl2N4O. The number of hydrogen-bond donors (Lipinski definition) is 0. The molecule has 3 aromatic rings. The highest BCUT2D eigenvalue weighted by atomic mass is 35.5. The molecular weight excluding hydrogens is 479 g/mol. The van der Waals surface area contributed by atoms with Crippen LogP contribution in [-0.2, 0) is 11.2 Å². The van der Waals surface area contributed by atoms with E-state index in [4.69, 9.17) is 33.2 Å². The summed E-state index contributed by atoms with van der Waals surface area (Å²) in [6.07, 6.45) is 4.63. The summed E-state index contributed by atoms with van der Waals surface area (Å²) >= 11 is 12.8. The van der Waals surface area contributed by atoms with Gasteiger partial charge in [-0.3, -0.25) is 9.79 Å². The van der Waals surface area contributed by atoms with E-state index in [1.807, 2.05) is 48.7 Å². The van der Waals surface area contributed by atoms with Gasteiger partial charge in [0.2, 0.25) is 0 Å². The van der Waals surface area contributed by atoms with E-state index >= 15 is 0 Å². The molecule has 180 valence electrons. The zero-order chi connectivity index (χ0) is 24.5. The van der Waals surface area contributed by atoms with Crippen molar-refractivity contribution in [2.45, 2.75) is 32.2 Å². The number of carbonyl (C=O) groups is 1. The third kappa shape index (κ3) is 4.93. The largest absolute Gasteiger partial charge is 0.357 e. The van der Waals surface area contributed by atoms with E-state index in [-0.39, 0.29) is 5.91 Å². The number of benzodiazepines with no additional fused rings is 1. The van der Waals surface area contributed by atoms with Crippen LogP contribution < -0.4 is 9.80 Å². The number of benzene rings is 2. The summed E-state index contributed by atoms with van der Waals surface area (Å²) in [7, 11) is 1.78. The van der Waals surface area contributed by atoms with Gasteiger partial charge in [-0.2, -0.15) is 0 Å². The van der Waals surface area contributed by atoms with E-state index in [0.717, 1.165) is 47.2 Å². The summed E-state index contributed by atoms with van der Waals surface area (Å²) in [4.78, 5) is 27.3. The number of aromatic nitrogens is 1. The van der Waals surface area contributed by atoms with Crippen molar-refractivity contribution in [3.05, 3.63) is 87.5 Å². The van der Waals surface area contributed by atoms with Crippen LogP contribution in [0.1, 0.15) is 36.5 Å². The Labute approximate surface area is 216 Å². The maximum atomic E-state index is 13.5. The van der Waals surface area contributed by atoms with Gasteiger partial charge < -0.3 is 9.80 Å². The van der Waals surface area contributed by atoms with Crippen LogP contribution in [0.5, 0.6) is 0 Å². The van der Waals surface area contributed by atoms with Crippen LogP contribution in [0.3, 0.4) is 0 Å². The SMILES string of the molecule is CC1CCN(c2ccc(C3=NC(Cc4ccccc4Cl)C(=O)N(C)c4ccc(Cl)cc43)cn2)CC1. The molecule has 0 aliphatic carbocycles. The van der Waals surface area contributed by atoms with Gasteiger partial charge in [-0.05, 0) is 60.7 Å². The molecule has 0 saturated carbocycles. The van der Waals surface area contributed by atoms with Gasteiger partial charge in [0.15, 0.2) is 0 Å². The predicted molar refractivity (Wildman–Crippen MR) is 144 cm³/mol. The van der Waals surface area contributed by atoms with Crippen molar-refractivity contribution in [1.82, 2.24) is 4.98 Å². The number of amides is 1. The Balaban J connectivity index is 1.55. The average Bonchev–Trinajstić information content (AvgIpc) is 2.96. The predicted octanol–water partition coefficient (Wildman–Crippen LogP) is 6.05. The monoisotopic (exact) mass is 506 g/mol. The quantitative estimate of drug-likeness (QED) is 0.432. The van der Waals surface area contributed by atoms with Crippen LogP contribution in [0.2, 0.25) is 10.0 Å². The molecule has 0 bridgehead atoms. The number of aliphatic imine (C=N–C) groups is 1. The number of pyridine rings is 1. The van der Waals surface area contributed by atoms with Crippen LogP contribution in [0.4, 0.5) is 11.5 Å². The fourth-order valence-corrected chi connectivity index (χ4v) is 5.18. The molecule has 5 nitrogen and oxygen atoms in total. The highest BCUT2D eigenvalue weighted by Crippen LogP contribution is 2.32. The van der Waals surface area contributed by atoms with Gasteiger partial charge in [-0.1, -0.05) is 48.3 Å². The molecule has 3 heterocycles. The van der Waals surface area contributed by atoms with Crippen molar-refractivity contribution in [1.29, 1.82) is 0 Å². The number of anilines is 2. The minimum atomic E-state index is -0.621. The highest BCUT2D eigenvalue weighted by molar-refractivity contribution is 6.32. The molecule has 2 aromatic carbocycles. The number of nitrogens with zero attached hydrogens (tertiary/aromatic N) is 4. The van der Waals surface area contributed by atoms with E-state index in [1.54, 1.807) is 18.0 Å². The average molecular weight is 507 g/mol. The zero-order valence-corrected chi connectivity index (χ0v) is 21.4. The number of hydrogen-bond acceptors (Lipinski definition) is 4. The standard InChI is InChI=1S/C28H28Cl2N4O/c1-18-11-13-34(14-12-18)26-10-7-20(17-31-26)27-22-16-21(29)8-9-25(22)33(2)28(35)24(32-27)15-19-5-3-4-6-23(19)30/h3-10,16-18,24H,11-15H2,1-2H3. The molecule has 1 amide bonds. The third-order valence-corrected chi connectivity index (χ3v) is 7.58. The lowest BCUT2D eigenvalue weighted by molar-refractivity contribution is -0.119. The summed E-state index contributed by atoms with van der Waals surface area (Å²) in [5.41, 5.74) is 4.05. The maximum Gasteiger partial charge on any atom is 0.251 e. The topological polar surface area (TPSA) is 48.8 Å². The van der Waals surface area contributed by atoms with Crippen molar-refractivity contribution >= 4 is 46.3 Å². The minimum absolute atomic E-state index is 0.0875. The Kier molecular flexibility index (Phi) is 6.81. The lowest BCUT2D eigenvalue weighted by Gasteiger charge is -2.31. The van der Waals surface area contributed by atoms with Crippen LogP contribution in [-0.4, -0.2) is 42.8 Å². The number of likely N-dealkylation sites (N-methyl/N-ethyl adjacent to an activating group) is 1. The first kappa shape index (κ1) is 23.8. The maximum absolute atomic E-state index is 13.5. The summed E-state index contributed by atoms with van der Waals surface area (Å²) in [6.45, 7) is 4.34. The number of carbonyl (C=O) groups excluding carboxylic acids is 1. The second-order valence-corrected chi connectivity index (χ2v) is 10.3. The molecule has 5 rings (SSSR count). The Hall–Kier alpha value is -2.89. The Morgan fingerprint density at radius 1 is 1.03 bits per heavy atom. The van der Waals surface area contributed by atoms with Crippen molar-refractivity contribution in [2.24, 2.45) is 10.9 Å². The van der Waals surface area contributed by atoms with Crippen molar-refractivity contribution < 1.29 is 4.79 Å². The van der Waals surface area contributed by atoms with Gasteiger partial charge in [0.1, 0.15) is 11.9 Å². The number of fused-ring (bicyclic) bond motifs is 1. The second-order valence-electron chi connectivity index (χ2n) is 9.42. The number of halogens is 2. The van der Waals surface area contributed by atoms with E-state index in [2.05, 4.69) is 17.9 Å². The molecule has 35 heavy (non-hydrogen) atoms. The van der Waals surface area contributed by atoms with Crippen LogP contribution in [0.15, 0.2) is 65.8 Å². The molecule has 1 saturated heterocycles. The Morgan fingerprint density at radius 2 is 1.80 bits per heavy atom. The number of piperidine rings is 1. The van der Waals surface area contributed by atoms with E-state index < -0.39 is 6.04 Å². The first-order valence-electron chi connectivity index (χ1n) is 12.0. The third-order valence-electron chi connectivity index (χ3n) is 6.98. The van der Waals surface area contributed by atoms with Gasteiger partial charge in [-0.25, -0.2) is 4.98 Å². The molecule has 1 aromatic heterocycles. The molecule has 0 spiro atoms. The van der Waals surface area contributed by atoms with Gasteiger partial charge in [-0.15, -0.1) is 0 Å². The van der Waals surface area contributed by atoms with Gasteiger partial charge >= 0.3 is 0 Å². The zero-order valence-electron chi connectivity index (χ0n) is 19.9. The van der Waals surface area contributed by atoms with Crippen molar-refractivity contribution in [2.75, 3.05) is 29.9 Å². The lowest BCUT2D eigenvalue weighted by atomic mass is 9.99. The summed E-state index contributed by atoms with van der Waals surface area (Å²) in [5.74, 6) is 1.65. The van der Waals surface area contributed by atoms with Crippen molar-refractivity contribution in [3.8, 4) is 0 Å². The summed E-state index contributed by atoms with van der Waals surface area (Å²) in [5, 5.41) is 1.22. The first-order valence-corrected chi connectivity index (χ1v) is 12.8. The lowest BCUT2D eigenvalue weighted by Crippen LogP contribution is -2.36. The van der Waals surface area contributed by atoms with E-state index in [9.17, 15) is 4.79 Å². The van der Waals surface area contributed by atoms with Gasteiger partial charge in [0.05, 0.1) is 11.4 Å². The fraction of sp³-hybridized carbons (Fsp3) is 0.321. The highest BCUT2D eigenvalue weighted by Gasteiger charge is 2.31. The smallest absolute Gasteiger partial charge is 0.251 e. The van der Waals surface area contributed by atoms with Crippen molar-refractivity contribution in [3.63, 3.8) is 0 Å². The molecule has 2 aliphatic heterocycles. The summed E-state index contributed by atoms with van der Waals surface area (Å²) in [6, 6.07) is 16.6. The van der Waals surface area contributed by atoms with Crippen LogP contribution in [0.25, 0.3) is 0 Å². The summed E-state index contributed by atoms with van der Waals surface area (Å²) < 4.78 is 0. The normalized spacial score (nSPS) is 18.8. The molecule has 1 fully saturated rings. The molecule has 1 unspecified atom stereocenters. The van der Waals surface area contributed by atoms with E-state index in [1.165, 1.54) is 12.8 Å². The number of rotatable bonds is 4. The van der Waals surface area contributed by atoms with Crippen LogP contribution in [0, 0.1) is 5.92 Å². The first-order chi connectivity index (χ1) is 16.9. The molecule has 2 aliphatic rings. The van der Waals surface area contributed by atoms with Crippen LogP contribution >= 0.6 is 23.2 Å². The fourth-order valence-electron chi connectivity index (χ4n) is 4.80. The van der Waals surface area contributed by atoms with E-state index in [0.29, 0.717) is 22.2 Å². The Morgan fingerprint density at radius 3 is 2.51 bits per heavy atom. The van der Waals surface area contributed by atoms with Gasteiger partial charge in [0.25, 0.3) is 5.91 Å². The Bertz CT molecular complexity index is 1270.